The van der Waals surface area contributed by atoms with Crippen LogP contribution >= 0.6 is 11.6 Å². The molecular weight excluding hydrogens is 498 g/mol. The number of anilines is 1. The summed E-state index contributed by atoms with van der Waals surface area (Å²) in [6, 6.07) is 10.0. The second-order valence-corrected chi connectivity index (χ2v) is 11.6. The molecule has 1 amide bonds. The number of nitrogens with one attached hydrogen (secondary N) is 2. The molecular formula is C29H34ClN7O. The predicted octanol–water partition coefficient (Wildman–Crippen LogP) is 5.36. The van der Waals surface area contributed by atoms with Crippen molar-refractivity contribution in [2.24, 2.45) is 18.9 Å². The highest BCUT2D eigenvalue weighted by molar-refractivity contribution is 6.30. The van der Waals surface area contributed by atoms with Crippen LogP contribution in [-0.4, -0.2) is 36.6 Å². The molecule has 0 atom stereocenters. The summed E-state index contributed by atoms with van der Waals surface area (Å²) in [6.07, 6.45) is 12.5. The first kappa shape index (κ1) is 25.1. The van der Waals surface area contributed by atoms with Gasteiger partial charge in [-0.1, -0.05) is 43.5 Å². The minimum atomic E-state index is -0.207. The first-order chi connectivity index (χ1) is 18.4. The zero-order chi connectivity index (χ0) is 26.3. The van der Waals surface area contributed by atoms with Crippen molar-refractivity contribution in [3.8, 4) is 0 Å². The Morgan fingerprint density at radius 3 is 2.76 bits per heavy atom. The number of rotatable bonds is 8. The van der Waals surface area contributed by atoms with E-state index in [4.69, 9.17) is 11.6 Å². The smallest absolute Gasteiger partial charge is 0.259 e. The zero-order valence-corrected chi connectivity index (χ0v) is 22.7. The number of benzene rings is 1. The Bertz CT molecular complexity index is 1460. The van der Waals surface area contributed by atoms with E-state index in [0.29, 0.717) is 28.8 Å². The van der Waals surface area contributed by atoms with Crippen LogP contribution in [0.25, 0.3) is 5.65 Å². The monoisotopic (exact) mass is 531 g/mol. The minimum absolute atomic E-state index is 0.194. The number of carbonyl (C=O) groups excluding carboxylic acids is 1. The number of fused-ring (bicyclic) bond motifs is 1. The Labute approximate surface area is 227 Å². The molecule has 0 bridgehead atoms. The van der Waals surface area contributed by atoms with Crippen molar-refractivity contribution in [3.63, 3.8) is 0 Å². The lowest BCUT2D eigenvalue weighted by atomic mass is 9.58. The molecule has 2 fully saturated rings. The summed E-state index contributed by atoms with van der Waals surface area (Å²) in [7, 11) is 1.99. The van der Waals surface area contributed by atoms with Crippen LogP contribution in [-0.2, 0) is 19.0 Å². The molecule has 1 aromatic carbocycles. The zero-order valence-electron chi connectivity index (χ0n) is 22.0. The quantitative estimate of drug-likeness (QED) is 0.319. The van der Waals surface area contributed by atoms with Crippen LogP contribution in [0.15, 0.2) is 49.1 Å². The van der Waals surface area contributed by atoms with E-state index in [1.807, 2.05) is 36.0 Å². The summed E-state index contributed by atoms with van der Waals surface area (Å²) in [4.78, 5) is 18.0. The predicted molar refractivity (Wildman–Crippen MR) is 148 cm³/mol. The van der Waals surface area contributed by atoms with Gasteiger partial charge >= 0.3 is 0 Å². The van der Waals surface area contributed by atoms with E-state index < -0.39 is 0 Å². The van der Waals surface area contributed by atoms with Gasteiger partial charge in [-0.3, -0.25) is 9.20 Å². The lowest BCUT2D eigenvalue weighted by Crippen LogP contribution is -2.43. The van der Waals surface area contributed by atoms with Crippen LogP contribution in [0.2, 0.25) is 5.15 Å². The third-order valence-corrected chi connectivity index (χ3v) is 8.58. The van der Waals surface area contributed by atoms with Crippen LogP contribution in [0.3, 0.4) is 0 Å². The fourth-order valence-corrected chi connectivity index (χ4v) is 6.68. The number of carbonyl (C=O) groups is 1. The van der Waals surface area contributed by atoms with E-state index in [1.165, 1.54) is 25.7 Å². The van der Waals surface area contributed by atoms with E-state index in [-0.39, 0.29) is 11.3 Å². The number of pyridine rings is 1. The summed E-state index contributed by atoms with van der Waals surface area (Å²) in [5.74, 6) is 2.11. The Morgan fingerprint density at radius 1 is 1.21 bits per heavy atom. The van der Waals surface area contributed by atoms with E-state index in [2.05, 4.69) is 44.9 Å². The summed E-state index contributed by atoms with van der Waals surface area (Å²) in [6.45, 7) is 3.93. The highest BCUT2D eigenvalue weighted by Gasteiger charge is 2.48. The van der Waals surface area contributed by atoms with Gasteiger partial charge in [0.2, 0.25) is 0 Å². The van der Waals surface area contributed by atoms with Gasteiger partial charge in [-0.2, -0.15) is 0 Å². The lowest BCUT2D eigenvalue weighted by Gasteiger charge is -2.46. The van der Waals surface area contributed by atoms with Gasteiger partial charge in [0.05, 0.1) is 17.2 Å². The summed E-state index contributed by atoms with van der Waals surface area (Å²) in [5.41, 5.74) is 3.74. The normalized spacial score (nSPS) is 21.6. The molecule has 0 saturated heterocycles. The van der Waals surface area contributed by atoms with E-state index in [1.54, 1.807) is 16.9 Å². The van der Waals surface area contributed by atoms with Crippen molar-refractivity contribution in [2.45, 2.75) is 57.4 Å². The SMILES string of the molecule is CC1CC(c2cccc(NC(=O)c3cc(CNCC4CCCC4)cn4c(Cl)cnc34)c2)(c2nncn2C)C1. The Hall–Kier alpha value is -3.23. The molecule has 8 nitrogen and oxygen atoms in total. The van der Waals surface area contributed by atoms with Crippen LogP contribution in [0.1, 0.15) is 72.8 Å². The fraction of sp³-hybridized carbons (Fsp3) is 0.448. The molecule has 2 aliphatic rings. The number of imidazole rings is 1. The van der Waals surface area contributed by atoms with Gasteiger partial charge in [0.1, 0.15) is 17.3 Å². The highest BCUT2D eigenvalue weighted by atomic mass is 35.5. The van der Waals surface area contributed by atoms with Crippen molar-refractivity contribution in [3.05, 3.63) is 76.7 Å². The number of nitrogens with zero attached hydrogens (tertiary/aromatic N) is 5. The maximum Gasteiger partial charge on any atom is 0.259 e. The van der Waals surface area contributed by atoms with Crippen LogP contribution in [0.5, 0.6) is 0 Å². The van der Waals surface area contributed by atoms with Gasteiger partial charge in [0, 0.05) is 25.5 Å². The summed E-state index contributed by atoms with van der Waals surface area (Å²) >= 11 is 6.42. The van der Waals surface area contributed by atoms with Crippen molar-refractivity contribution >= 4 is 28.8 Å². The van der Waals surface area contributed by atoms with Crippen molar-refractivity contribution in [2.75, 3.05) is 11.9 Å². The first-order valence-corrected chi connectivity index (χ1v) is 13.9. The fourth-order valence-electron chi connectivity index (χ4n) is 6.50. The number of hydrogen-bond acceptors (Lipinski definition) is 5. The topological polar surface area (TPSA) is 89.1 Å². The van der Waals surface area contributed by atoms with E-state index >= 15 is 0 Å². The Morgan fingerprint density at radius 2 is 2.03 bits per heavy atom. The number of hydrogen-bond donors (Lipinski definition) is 2. The van der Waals surface area contributed by atoms with E-state index in [0.717, 1.165) is 47.9 Å². The summed E-state index contributed by atoms with van der Waals surface area (Å²) < 4.78 is 3.79. The Kier molecular flexibility index (Phi) is 6.70. The molecule has 9 heteroatoms. The van der Waals surface area contributed by atoms with Crippen molar-refractivity contribution < 1.29 is 4.79 Å². The van der Waals surface area contributed by atoms with Crippen molar-refractivity contribution in [1.29, 1.82) is 0 Å². The van der Waals surface area contributed by atoms with Crippen LogP contribution in [0, 0.1) is 11.8 Å². The molecule has 2 saturated carbocycles. The number of aryl methyl sites for hydroxylation is 1. The largest absolute Gasteiger partial charge is 0.322 e. The Balaban J connectivity index is 1.25. The summed E-state index contributed by atoms with van der Waals surface area (Å²) in [5, 5.41) is 15.8. The maximum atomic E-state index is 13.6. The second-order valence-electron chi connectivity index (χ2n) is 11.2. The molecule has 198 valence electrons. The van der Waals surface area contributed by atoms with Gasteiger partial charge in [-0.25, -0.2) is 4.98 Å². The highest BCUT2D eigenvalue weighted by Crippen LogP contribution is 2.51. The average Bonchev–Trinajstić information content (AvgIpc) is 3.64. The second kappa shape index (κ2) is 10.2. The molecule has 4 aromatic rings. The number of halogens is 1. The van der Waals surface area contributed by atoms with Gasteiger partial charge < -0.3 is 15.2 Å². The number of amides is 1. The first-order valence-electron chi connectivity index (χ1n) is 13.6. The molecule has 2 aliphatic carbocycles. The molecule has 3 aromatic heterocycles. The van der Waals surface area contributed by atoms with Gasteiger partial charge in [-0.15, -0.1) is 10.2 Å². The van der Waals surface area contributed by atoms with Crippen molar-refractivity contribution in [1.82, 2.24) is 29.5 Å². The standard InChI is InChI=1S/C29H34ClN7O/c1-19-12-29(13-19,28-35-33-18-36(28)2)22-8-5-9-23(11-22)34-27(38)24-10-21(15-31-14-20-6-3-4-7-20)17-37-25(30)16-32-26(24)37/h5,8-11,16-20,31H,3-4,6-7,12-15H2,1-2H3,(H,34,38). The maximum absolute atomic E-state index is 13.6. The molecule has 6 rings (SSSR count). The molecule has 2 N–H and O–H groups in total. The van der Waals surface area contributed by atoms with Gasteiger partial charge in [-0.05, 0) is 73.4 Å². The van der Waals surface area contributed by atoms with Crippen LogP contribution < -0.4 is 10.6 Å². The number of aromatic nitrogens is 5. The van der Waals surface area contributed by atoms with Gasteiger partial charge in [0.25, 0.3) is 5.91 Å². The molecule has 3 heterocycles. The third-order valence-electron chi connectivity index (χ3n) is 8.31. The molecule has 0 spiro atoms. The molecule has 0 radical (unpaired) electrons. The molecule has 38 heavy (non-hydrogen) atoms. The van der Waals surface area contributed by atoms with E-state index in [9.17, 15) is 4.79 Å². The lowest BCUT2D eigenvalue weighted by molar-refractivity contribution is 0.102. The minimum Gasteiger partial charge on any atom is -0.322 e. The van der Waals surface area contributed by atoms with Gasteiger partial charge in [0.15, 0.2) is 5.65 Å². The molecule has 0 unspecified atom stereocenters. The van der Waals surface area contributed by atoms with Crippen LogP contribution in [0.4, 0.5) is 5.69 Å². The molecule has 0 aliphatic heterocycles. The average molecular weight is 532 g/mol. The third kappa shape index (κ3) is 4.60.